The first-order valence-corrected chi connectivity index (χ1v) is 10.2. The molecule has 2 aromatic heterocycles. The van der Waals surface area contributed by atoms with Crippen molar-refractivity contribution in [3.05, 3.63) is 108 Å². The highest BCUT2D eigenvalue weighted by atomic mass is 16.3. The monoisotopic (exact) mass is 421 g/mol. The molecule has 0 radical (unpaired) electrons. The molecule has 0 saturated carbocycles. The number of carbonyl (C=O) groups excluding carboxylic acids is 2. The summed E-state index contributed by atoms with van der Waals surface area (Å²) in [6.07, 6.45) is 6.75. The number of aromatic nitrogens is 1. The third kappa shape index (κ3) is 3.94. The number of hydrogen-bond acceptors (Lipinski definition) is 4. The largest absolute Gasteiger partial charge is 0.464 e. The van der Waals surface area contributed by atoms with Crippen molar-refractivity contribution in [1.82, 2.24) is 10.3 Å². The maximum absolute atomic E-state index is 12.6. The van der Waals surface area contributed by atoms with Crippen molar-refractivity contribution in [3.63, 3.8) is 0 Å². The van der Waals surface area contributed by atoms with Gasteiger partial charge in [-0.3, -0.25) is 14.6 Å². The highest BCUT2D eigenvalue weighted by molar-refractivity contribution is 6.34. The van der Waals surface area contributed by atoms with Gasteiger partial charge in [0.25, 0.3) is 11.8 Å². The number of para-hydroxylation sites is 1. The van der Waals surface area contributed by atoms with Gasteiger partial charge in [0.15, 0.2) is 0 Å². The zero-order chi connectivity index (χ0) is 21.9. The number of amides is 2. The first-order valence-electron chi connectivity index (χ1n) is 10.2. The van der Waals surface area contributed by atoms with E-state index in [1.807, 2.05) is 60.7 Å². The molecule has 0 aliphatic carbocycles. The fraction of sp³-hybridized carbons (Fsp3) is 0.0385. The second kappa shape index (κ2) is 8.35. The fourth-order valence-electron chi connectivity index (χ4n) is 3.63. The molecule has 1 aliphatic heterocycles. The number of furan rings is 1. The van der Waals surface area contributed by atoms with Crippen LogP contribution in [0.4, 0.5) is 5.69 Å². The number of nitrogens with zero attached hydrogens (tertiary/aromatic N) is 1. The van der Waals surface area contributed by atoms with Crippen LogP contribution in [0.5, 0.6) is 0 Å². The van der Waals surface area contributed by atoms with Crippen LogP contribution in [-0.2, 0) is 11.3 Å². The number of nitrogens with one attached hydrogen (secondary N) is 2. The summed E-state index contributed by atoms with van der Waals surface area (Å²) in [5.41, 5.74) is 5.42. The van der Waals surface area contributed by atoms with Crippen molar-refractivity contribution < 1.29 is 14.0 Å². The Hall–Kier alpha value is -4.45. The van der Waals surface area contributed by atoms with Gasteiger partial charge in [0.05, 0.1) is 11.8 Å². The van der Waals surface area contributed by atoms with Gasteiger partial charge in [0.2, 0.25) is 0 Å². The Morgan fingerprint density at radius 2 is 1.84 bits per heavy atom. The minimum absolute atomic E-state index is 0.156. The predicted molar refractivity (Wildman–Crippen MR) is 122 cm³/mol. The van der Waals surface area contributed by atoms with Crippen LogP contribution in [0.3, 0.4) is 0 Å². The summed E-state index contributed by atoms with van der Waals surface area (Å²) in [6.45, 7) is 0.429. The number of carbonyl (C=O) groups is 2. The van der Waals surface area contributed by atoms with E-state index in [-0.39, 0.29) is 11.8 Å². The van der Waals surface area contributed by atoms with E-state index < -0.39 is 0 Å². The molecule has 5 rings (SSSR count). The smallest absolute Gasteiger partial charge is 0.256 e. The molecule has 1 aliphatic rings. The third-order valence-corrected chi connectivity index (χ3v) is 5.28. The van der Waals surface area contributed by atoms with Crippen molar-refractivity contribution >= 4 is 29.2 Å². The van der Waals surface area contributed by atoms with E-state index in [0.29, 0.717) is 23.4 Å². The third-order valence-electron chi connectivity index (χ3n) is 5.28. The second-order valence-electron chi connectivity index (χ2n) is 7.41. The van der Waals surface area contributed by atoms with E-state index in [1.54, 1.807) is 30.8 Å². The zero-order valence-corrected chi connectivity index (χ0v) is 17.0. The van der Waals surface area contributed by atoms with Crippen LogP contribution >= 0.6 is 0 Å². The van der Waals surface area contributed by atoms with Crippen molar-refractivity contribution in [2.24, 2.45) is 0 Å². The standard InChI is InChI=1S/C26H19N3O3/c30-25(28-15-17-8-10-27-11-9-17)19-5-3-4-18(12-19)20-13-21(32-16-20)14-23-22-6-1-2-7-24(22)29-26(23)31/h1-14,16H,15H2,(H,28,30)(H,29,31)/b23-14+. The highest BCUT2D eigenvalue weighted by Gasteiger charge is 2.23. The van der Waals surface area contributed by atoms with E-state index >= 15 is 0 Å². The average Bonchev–Trinajstić information content (AvgIpc) is 3.43. The van der Waals surface area contributed by atoms with Crippen LogP contribution < -0.4 is 10.6 Å². The molecule has 32 heavy (non-hydrogen) atoms. The molecule has 2 amide bonds. The second-order valence-corrected chi connectivity index (χ2v) is 7.41. The Morgan fingerprint density at radius 3 is 2.72 bits per heavy atom. The topological polar surface area (TPSA) is 84.2 Å². The van der Waals surface area contributed by atoms with Gasteiger partial charge < -0.3 is 15.1 Å². The van der Waals surface area contributed by atoms with Gasteiger partial charge in [-0.05, 0) is 53.6 Å². The Balaban J connectivity index is 1.35. The summed E-state index contributed by atoms with van der Waals surface area (Å²) >= 11 is 0. The van der Waals surface area contributed by atoms with Gasteiger partial charge in [-0.15, -0.1) is 0 Å². The predicted octanol–water partition coefficient (Wildman–Crippen LogP) is 4.76. The van der Waals surface area contributed by atoms with Crippen LogP contribution in [0, 0.1) is 0 Å². The Labute approximate surface area is 184 Å². The first-order chi connectivity index (χ1) is 15.7. The summed E-state index contributed by atoms with van der Waals surface area (Å²) in [7, 11) is 0. The number of anilines is 1. The lowest BCUT2D eigenvalue weighted by molar-refractivity contribution is -0.110. The summed E-state index contributed by atoms with van der Waals surface area (Å²) in [5.74, 6) is 0.250. The molecule has 6 heteroatoms. The molecule has 0 spiro atoms. The molecule has 0 unspecified atom stereocenters. The molecular weight excluding hydrogens is 402 g/mol. The number of fused-ring (bicyclic) bond motifs is 1. The van der Waals surface area contributed by atoms with Gasteiger partial charge >= 0.3 is 0 Å². The minimum Gasteiger partial charge on any atom is -0.464 e. The summed E-state index contributed by atoms with van der Waals surface area (Å²) in [5, 5.41) is 5.77. The average molecular weight is 421 g/mol. The minimum atomic E-state index is -0.159. The molecule has 0 fully saturated rings. The van der Waals surface area contributed by atoms with Gasteiger partial charge in [0.1, 0.15) is 5.76 Å². The molecule has 0 atom stereocenters. The van der Waals surface area contributed by atoms with E-state index in [2.05, 4.69) is 15.6 Å². The molecule has 0 bridgehead atoms. The molecule has 6 nitrogen and oxygen atoms in total. The fourth-order valence-corrected chi connectivity index (χ4v) is 3.63. The molecular formula is C26H19N3O3. The van der Waals surface area contributed by atoms with Gasteiger partial charge in [-0.25, -0.2) is 0 Å². The van der Waals surface area contributed by atoms with E-state index in [4.69, 9.17) is 4.42 Å². The maximum Gasteiger partial charge on any atom is 0.256 e. The summed E-state index contributed by atoms with van der Waals surface area (Å²) in [6, 6.07) is 20.5. The van der Waals surface area contributed by atoms with E-state index in [1.165, 1.54) is 0 Å². The van der Waals surface area contributed by atoms with Crippen molar-refractivity contribution in [2.45, 2.75) is 6.54 Å². The molecule has 3 heterocycles. The van der Waals surface area contributed by atoms with Crippen LogP contribution in [0.2, 0.25) is 0 Å². The van der Waals surface area contributed by atoms with Crippen molar-refractivity contribution in [1.29, 1.82) is 0 Å². The van der Waals surface area contributed by atoms with Crippen LogP contribution in [0.15, 0.2) is 89.8 Å². The normalized spacial score (nSPS) is 13.6. The van der Waals surface area contributed by atoms with Crippen LogP contribution in [-0.4, -0.2) is 16.8 Å². The van der Waals surface area contributed by atoms with Crippen LogP contribution in [0.25, 0.3) is 22.8 Å². The van der Waals surface area contributed by atoms with Crippen LogP contribution in [0.1, 0.15) is 27.2 Å². The molecule has 2 aromatic carbocycles. The number of hydrogen-bond donors (Lipinski definition) is 2. The summed E-state index contributed by atoms with van der Waals surface area (Å²) in [4.78, 5) is 28.9. The van der Waals surface area contributed by atoms with Crippen molar-refractivity contribution in [3.8, 4) is 11.1 Å². The Kier molecular flexibility index (Phi) is 5.09. The first kappa shape index (κ1) is 19.5. The van der Waals surface area contributed by atoms with Gasteiger partial charge in [-0.2, -0.15) is 0 Å². The maximum atomic E-state index is 12.6. The molecule has 156 valence electrons. The SMILES string of the molecule is O=C1Nc2ccccc2/C1=C\c1cc(-c2cccc(C(=O)NCc3ccncc3)c2)co1. The lowest BCUT2D eigenvalue weighted by atomic mass is 10.0. The van der Waals surface area contributed by atoms with E-state index in [9.17, 15) is 9.59 Å². The number of pyridine rings is 1. The lowest BCUT2D eigenvalue weighted by Crippen LogP contribution is -2.22. The summed E-state index contributed by atoms with van der Waals surface area (Å²) < 4.78 is 5.69. The quantitative estimate of drug-likeness (QED) is 0.455. The van der Waals surface area contributed by atoms with Crippen molar-refractivity contribution in [2.75, 3.05) is 5.32 Å². The molecule has 0 saturated heterocycles. The lowest BCUT2D eigenvalue weighted by Gasteiger charge is -2.06. The molecule has 4 aromatic rings. The Morgan fingerprint density at radius 1 is 1.00 bits per heavy atom. The Bertz CT molecular complexity index is 1340. The van der Waals surface area contributed by atoms with Gasteiger partial charge in [0, 0.05) is 41.3 Å². The van der Waals surface area contributed by atoms with Gasteiger partial charge in [-0.1, -0.05) is 30.3 Å². The van der Waals surface area contributed by atoms with E-state index in [0.717, 1.165) is 27.9 Å². The number of rotatable bonds is 5. The zero-order valence-electron chi connectivity index (χ0n) is 17.0. The number of benzene rings is 2. The highest BCUT2D eigenvalue weighted by Crippen LogP contribution is 2.33. The molecule has 2 N–H and O–H groups in total.